The predicted molar refractivity (Wildman–Crippen MR) is 104 cm³/mol. The number of carbonyl (C=O) groups is 1. The van der Waals surface area contributed by atoms with Crippen LogP contribution in [0.25, 0.3) is 0 Å². The number of hydrogen-bond donors (Lipinski definition) is 1. The highest BCUT2D eigenvalue weighted by molar-refractivity contribution is 6.31. The fraction of sp³-hybridized carbons (Fsp3) is 0.381. The summed E-state index contributed by atoms with van der Waals surface area (Å²) < 4.78 is 0. The SMILES string of the molecule is Cc1cccc(NC(=O)[C@@H]2CCCN(Cc3ccccc3Cl)C2)c1C. The summed E-state index contributed by atoms with van der Waals surface area (Å²) in [7, 11) is 0. The maximum atomic E-state index is 12.7. The van der Waals surface area contributed by atoms with E-state index in [0.29, 0.717) is 0 Å². The molecule has 3 nitrogen and oxygen atoms in total. The van der Waals surface area contributed by atoms with Crippen LogP contribution in [0.3, 0.4) is 0 Å². The first-order valence-corrected chi connectivity index (χ1v) is 9.25. The lowest BCUT2D eigenvalue weighted by atomic mass is 9.96. The largest absolute Gasteiger partial charge is 0.326 e. The molecule has 1 N–H and O–H groups in total. The second-order valence-electron chi connectivity index (χ2n) is 6.90. The number of nitrogens with zero attached hydrogens (tertiary/aromatic N) is 1. The zero-order chi connectivity index (χ0) is 17.8. The van der Waals surface area contributed by atoms with Gasteiger partial charge in [-0.1, -0.05) is 41.9 Å². The van der Waals surface area contributed by atoms with Crippen LogP contribution in [0.1, 0.15) is 29.5 Å². The van der Waals surface area contributed by atoms with Gasteiger partial charge in [-0.2, -0.15) is 0 Å². The van der Waals surface area contributed by atoms with Crippen molar-refractivity contribution >= 4 is 23.2 Å². The Morgan fingerprint density at radius 3 is 2.80 bits per heavy atom. The predicted octanol–water partition coefficient (Wildman–Crippen LogP) is 4.81. The van der Waals surface area contributed by atoms with E-state index in [2.05, 4.69) is 36.2 Å². The van der Waals surface area contributed by atoms with Crippen LogP contribution in [0.15, 0.2) is 42.5 Å². The highest BCUT2D eigenvalue weighted by Crippen LogP contribution is 2.24. The van der Waals surface area contributed by atoms with E-state index in [0.717, 1.165) is 54.3 Å². The minimum absolute atomic E-state index is 0.0242. The molecule has 0 aromatic heterocycles. The van der Waals surface area contributed by atoms with Crippen molar-refractivity contribution in [3.63, 3.8) is 0 Å². The number of hydrogen-bond acceptors (Lipinski definition) is 2. The molecule has 1 amide bonds. The molecule has 0 bridgehead atoms. The number of carbonyl (C=O) groups excluding carboxylic acids is 1. The summed E-state index contributed by atoms with van der Waals surface area (Å²) in [6.07, 6.45) is 1.98. The summed E-state index contributed by atoms with van der Waals surface area (Å²) in [5, 5.41) is 3.92. The van der Waals surface area contributed by atoms with Gasteiger partial charge in [0.1, 0.15) is 0 Å². The van der Waals surface area contributed by atoms with Gasteiger partial charge in [0.2, 0.25) is 5.91 Å². The second-order valence-corrected chi connectivity index (χ2v) is 7.31. The van der Waals surface area contributed by atoms with E-state index in [1.165, 1.54) is 5.56 Å². The normalized spacial score (nSPS) is 18.1. The van der Waals surface area contributed by atoms with Crippen LogP contribution in [0.4, 0.5) is 5.69 Å². The molecule has 25 heavy (non-hydrogen) atoms. The van der Waals surface area contributed by atoms with Crippen molar-refractivity contribution in [2.75, 3.05) is 18.4 Å². The van der Waals surface area contributed by atoms with E-state index in [4.69, 9.17) is 11.6 Å². The molecule has 2 aromatic rings. The molecule has 1 atom stereocenters. The van der Waals surface area contributed by atoms with Crippen molar-refractivity contribution < 1.29 is 4.79 Å². The number of amides is 1. The zero-order valence-corrected chi connectivity index (χ0v) is 15.6. The van der Waals surface area contributed by atoms with E-state index in [-0.39, 0.29) is 11.8 Å². The van der Waals surface area contributed by atoms with Gasteiger partial charge in [0, 0.05) is 23.8 Å². The van der Waals surface area contributed by atoms with Gasteiger partial charge >= 0.3 is 0 Å². The minimum Gasteiger partial charge on any atom is -0.326 e. The molecule has 0 saturated carbocycles. The van der Waals surface area contributed by atoms with Crippen LogP contribution in [-0.4, -0.2) is 23.9 Å². The summed E-state index contributed by atoms with van der Waals surface area (Å²) in [6, 6.07) is 14.0. The average Bonchev–Trinajstić information content (AvgIpc) is 2.61. The molecule has 0 aliphatic carbocycles. The maximum Gasteiger partial charge on any atom is 0.228 e. The summed E-state index contributed by atoms with van der Waals surface area (Å²) in [5.41, 5.74) is 4.38. The molecule has 1 aliphatic heterocycles. The third-order valence-electron chi connectivity index (χ3n) is 5.09. The number of piperidine rings is 1. The van der Waals surface area contributed by atoms with Gasteiger partial charge in [-0.05, 0) is 62.1 Å². The monoisotopic (exact) mass is 356 g/mol. The van der Waals surface area contributed by atoms with Crippen molar-refractivity contribution in [2.24, 2.45) is 5.92 Å². The van der Waals surface area contributed by atoms with E-state index in [9.17, 15) is 4.79 Å². The molecule has 0 unspecified atom stereocenters. The Balaban J connectivity index is 1.63. The number of halogens is 1. The fourth-order valence-corrected chi connectivity index (χ4v) is 3.60. The van der Waals surface area contributed by atoms with Gasteiger partial charge < -0.3 is 5.32 Å². The highest BCUT2D eigenvalue weighted by atomic mass is 35.5. The summed E-state index contributed by atoms with van der Waals surface area (Å²) in [5.74, 6) is 0.147. The number of likely N-dealkylation sites (tertiary alicyclic amines) is 1. The smallest absolute Gasteiger partial charge is 0.228 e. The second kappa shape index (κ2) is 8.03. The van der Waals surface area contributed by atoms with Crippen LogP contribution >= 0.6 is 11.6 Å². The van der Waals surface area contributed by atoms with E-state index < -0.39 is 0 Å². The van der Waals surface area contributed by atoms with Crippen LogP contribution < -0.4 is 5.32 Å². The van der Waals surface area contributed by atoms with Crippen molar-refractivity contribution in [3.05, 3.63) is 64.2 Å². The summed E-state index contributed by atoms with van der Waals surface area (Å²) >= 11 is 6.28. The molecule has 4 heteroatoms. The Morgan fingerprint density at radius 2 is 2.00 bits per heavy atom. The lowest BCUT2D eigenvalue weighted by Crippen LogP contribution is -2.40. The lowest BCUT2D eigenvalue weighted by Gasteiger charge is -2.32. The quantitative estimate of drug-likeness (QED) is 0.852. The molecule has 3 rings (SSSR count). The Bertz CT molecular complexity index is 759. The molecule has 1 heterocycles. The molecule has 1 saturated heterocycles. The van der Waals surface area contributed by atoms with E-state index in [1.807, 2.05) is 30.3 Å². The molecule has 1 fully saturated rings. The third-order valence-corrected chi connectivity index (χ3v) is 5.46. The van der Waals surface area contributed by atoms with Crippen LogP contribution in [0.2, 0.25) is 5.02 Å². The number of anilines is 1. The van der Waals surface area contributed by atoms with Gasteiger partial charge in [0.25, 0.3) is 0 Å². The first-order chi connectivity index (χ1) is 12.0. The van der Waals surface area contributed by atoms with Crippen molar-refractivity contribution in [1.29, 1.82) is 0 Å². The maximum absolute atomic E-state index is 12.7. The fourth-order valence-electron chi connectivity index (χ4n) is 3.40. The number of nitrogens with one attached hydrogen (secondary N) is 1. The molecule has 1 aliphatic rings. The molecule has 0 radical (unpaired) electrons. The molecule has 2 aromatic carbocycles. The molecule has 0 spiro atoms. The van der Waals surface area contributed by atoms with Gasteiger partial charge in [0.15, 0.2) is 0 Å². The Labute approximate surface area is 155 Å². The number of aryl methyl sites for hydroxylation is 1. The third kappa shape index (κ3) is 4.42. The highest BCUT2D eigenvalue weighted by Gasteiger charge is 2.26. The first-order valence-electron chi connectivity index (χ1n) is 8.87. The Morgan fingerprint density at radius 1 is 1.20 bits per heavy atom. The van der Waals surface area contributed by atoms with Crippen LogP contribution in [0.5, 0.6) is 0 Å². The van der Waals surface area contributed by atoms with Gasteiger partial charge in [-0.15, -0.1) is 0 Å². The van der Waals surface area contributed by atoms with Crippen molar-refractivity contribution in [3.8, 4) is 0 Å². The lowest BCUT2D eigenvalue weighted by molar-refractivity contribution is -0.121. The zero-order valence-electron chi connectivity index (χ0n) is 14.9. The van der Waals surface area contributed by atoms with E-state index in [1.54, 1.807) is 0 Å². The van der Waals surface area contributed by atoms with Gasteiger partial charge in [-0.3, -0.25) is 9.69 Å². The first kappa shape index (κ1) is 18.0. The Hall–Kier alpha value is -1.84. The standard InChI is InChI=1S/C21H25ClN2O/c1-15-7-5-11-20(16(15)2)23-21(25)18-9-6-12-24(14-18)13-17-8-3-4-10-19(17)22/h3-5,7-8,10-11,18H,6,9,12-14H2,1-2H3,(H,23,25)/t18-/m1/s1. The van der Waals surface area contributed by atoms with Gasteiger partial charge in [0.05, 0.1) is 5.92 Å². The summed E-state index contributed by atoms with van der Waals surface area (Å²) in [4.78, 5) is 15.1. The molecule has 132 valence electrons. The summed E-state index contributed by atoms with van der Waals surface area (Å²) in [6.45, 7) is 6.71. The molecular formula is C21H25ClN2O. The topological polar surface area (TPSA) is 32.3 Å². The minimum atomic E-state index is 0.0242. The van der Waals surface area contributed by atoms with Gasteiger partial charge in [-0.25, -0.2) is 0 Å². The number of rotatable bonds is 4. The Kier molecular flexibility index (Phi) is 5.77. The molecular weight excluding hydrogens is 332 g/mol. The van der Waals surface area contributed by atoms with Crippen molar-refractivity contribution in [1.82, 2.24) is 4.90 Å². The van der Waals surface area contributed by atoms with E-state index >= 15 is 0 Å². The van der Waals surface area contributed by atoms with Crippen LogP contribution in [0, 0.1) is 19.8 Å². The average molecular weight is 357 g/mol. The number of benzene rings is 2. The van der Waals surface area contributed by atoms with Crippen LogP contribution in [-0.2, 0) is 11.3 Å². The van der Waals surface area contributed by atoms with Crippen molar-refractivity contribution in [2.45, 2.75) is 33.2 Å².